The fourth-order valence-electron chi connectivity index (χ4n) is 5.13. The van der Waals surface area contributed by atoms with Crippen molar-refractivity contribution in [3.8, 4) is 11.6 Å². The van der Waals surface area contributed by atoms with E-state index in [4.69, 9.17) is 9.47 Å². The Morgan fingerprint density at radius 3 is 2.24 bits per heavy atom. The van der Waals surface area contributed by atoms with Crippen molar-refractivity contribution in [1.29, 1.82) is 0 Å². The molecular weight excluding hydrogens is 362 g/mol. The maximum atomic E-state index is 12.6. The third kappa shape index (κ3) is 6.72. The van der Waals surface area contributed by atoms with E-state index >= 15 is 0 Å². The maximum Gasteiger partial charge on any atom is 0.314 e. The van der Waals surface area contributed by atoms with Crippen molar-refractivity contribution in [1.82, 2.24) is 4.98 Å². The Hall–Kier alpha value is -1.58. The molecule has 2 aliphatic carbocycles. The molecule has 0 saturated heterocycles. The van der Waals surface area contributed by atoms with Crippen LogP contribution in [0.5, 0.6) is 11.6 Å². The quantitative estimate of drug-likeness (QED) is 0.346. The fourth-order valence-corrected chi connectivity index (χ4v) is 5.13. The summed E-state index contributed by atoms with van der Waals surface area (Å²) >= 11 is 0. The van der Waals surface area contributed by atoms with E-state index in [0.29, 0.717) is 18.2 Å². The Labute approximate surface area is 176 Å². The molecule has 162 valence electrons. The van der Waals surface area contributed by atoms with Crippen LogP contribution in [0.4, 0.5) is 0 Å². The summed E-state index contributed by atoms with van der Waals surface area (Å²) in [7, 11) is 0. The predicted molar refractivity (Wildman–Crippen MR) is 116 cm³/mol. The van der Waals surface area contributed by atoms with Gasteiger partial charge in [-0.1, -0.05) is 46.0 Å². The molecule has 0 radical (unpaired) electrons. The summed E-state index contributed by atoms with van der Waals surface area (Å²) in [5, 5.41) is 0. The highest BCUT2D eigenvalue weighted by atomic mass is 16.5. The Bertz CT molecular complexity index is 599. The number of esters is 1. The predicted octanol–water partition coefficient (Wildman–Crippen LogP) is 6.58. The van der Waals surface area contributed by atoms with Crippen LogP contribution in [0, 0.1) is 23.7 Å². The molecule has 3 rings (SSSR count). The first-order valence-electron chi connectivity index (χ1n) is 12.0. The summed E-state index contributed by atoms with van der Waals surface area (Å²) in [6.45, 7) is 5.18. The number of nitrogens with zero attached hydrogens (tertiary/aromatic N) is 1. The number of carbonyl (C=O) groups is 1. The molecule has 2 saturated carbocycles. The largest absolute Gasteiger partial charge is 0.478 e. The van der Waals surface area contributed by atoms with Gasteiger partial charge in [0.15, 0.2) is 0 Å². The lowest BCUT2D eigenvalue weighted by Gasteiger charge is -2.37. The summed E-state index contributed by atoms with van der Waals surface area (Å²) in [5.41, 5.74) is 0. The van der Waals surface area contributed by atoms with E-state index in [9.17, 15) is 4.79 Å². The zero-order valence-corrected chi connectivity index (χ0v) is 18.4. The van der Waals surface area contributed by atoms with Gasteiger partial charge in [-0.15, -0.1) is 0 Å². The van der Waals surface area contributed by atoms with Gasteiger partial charge in [-0.3, -0.25) is 4.79 Å². The number of unbranched alkanes of at least 4 members (excludes halogenated alkanes) is 2. The third-order valence-electron chi connectivity index (χ3n) is 7.17. The third-order valence-corrected chi connectivity index (χ3v) is 7.17. The van der Waals surface area contributed by atoms with Gasteiger partial charge in [0, 0.05) is 6.07 Å². The molecule has 0 amide bonds. The van der Waals surface area contributed by atoms with Gasteiger partial charge in [0.2, 0.25) is 5.88 Å². The van der Waals surface area contributed by atoms with Gasteiger partial charge in [-0.2, -0.15) is 0 Å². The van der Waals surface area contributed by atoms with E-state index in [1.165, 1.54) is 51.4 Å². The Morgan fingerprint density at radius 1 is 0.966 bits per heavy atom. The Morgan fingerprint density at radius 2 is 1.66 bits per heavy atom. The number of pyridine rings is 1. The molecule has 2 fully saturated rings. The van der Waals surface area contributed by atoms with E-state index in [0.717, 1.165) is 43.4 Å². The van der Waals surface area contributed by atoms with Crippen LogP contribution in [-0.4, -0.2) is 17.6 Å². The molecule has 0 aliphatic heterocycles. The molecule has 4 nitrogen and oxygen atoms in total. The second-order valence-corrected chi connectivity index (χ2v) is 9.11. The van der Waals surface area contributed by atoms with Crippen molar-refractivity contribution < 1.29 is 14.3 Å². The first-order chi connectivity index (χ1) is 14.2. The molecule has 4 heteroatoms. The number of rotatable bonds is 9. The molecule has 0 aromatic carbocycles. The van der Waals surface area contributed by atoms with E-state index in [2.05, 4.69) is 18.8 Å². The second kappa shape index (κ2) is 11.6. The summed E-state index contributed by atoms with van der Waals surface area (Å²) in [4.78, 5) is 16.8. The topological polar surface area (TPSA) is 48.4 Å². The molecule has 1 aromatic heterocycles. The van der Waals surface area contributed by atoms with Crippen LogP contribution >= 0.6 is 0 Å². The average Bonchev–Trinajstić information content (AvgIpc) is 2.78. The molecule has 1 aromatic rings. The van der Waals surface area contributed by atoms with Crippen molar-refractivity contribution >= 4 is 5.97 Å². The van der Waals surface area contributed by atoms with Crippen LogP contribution < -0.4 is 9.47 Å². The zero-order chi connectivity index (χ0) is 20.5. The molecule has 0 atom stereocenters. The first-order valence-corrected chi connectivity index (χ1v) is 12.0. The molecule has 0 unspecified atom stereocenters. The number of hydrogen-bond acceptors (Lipinski definition) is 4. The van der Waals surface area contributed by atoms with Gasteiger partial charge in [0.05, 0.1) is 18.7 Å². The summed E-state index contributed by atoms with van der Waals surface area (Å²) in [5.74, 6) is 3.75. The molecular formula is C25H39NO3. The van der Waals surface area contributed by atoms with E-state index in [1.54, 1.807) is 18.3 Å². The molecule has 2 aliphatic rings. The number of hydrogen-bond donors (Lipinski definition) is 0. The van der Waals surface area contributed by atoms with Gasteiger partial charge in [0.1, 0.15) is 5.75 Å². The lowest BCUT2D eigenvalue weighted by molar-refractivity contribution is -0.140. The average molecular weight is 402 g/mol. The standard InChI is InChI=1S/C25H39NO3/c1-3-5-6-17-28-24-16-15-23(18-26-24)29-25(27)22-13-11-21(12-14-22)20-9-7-19(4-2)8-10-20/h15-16,18-22H,3-14,17H2,1-2H3. The Balaban J connectivity index is 1.38. The van der Waals surface area contributed by atoms with E-state index in [1.807, 2.05) is 0 Å². The van der Waals surface area contributed by atoms with Gasteiger partial charge in [0.25, 0.3) is 0 Å². The van der Waals surface area contributed by atoms with E-state index in [-0.39, 0.29) is 11.9 Å². The second-order valence-electron chi connectivity index (χ2n) is 9.11. The summed E-state index contributed by atoms with van der Waals surface area (Å²) in [6.07, 6.45) is 16.3. The molecule has 0 spiro atoms. The molecule has 1 heterocycles. The van der Waals surface area contributed by atoms with E-state index < -0.39 is 0 Å². The minimum atomic E-state index is -0.0865. The summed E-state index contributed by atoms with van der Waals surface area (Å²) in [6, 6.07) is 3.58. The van der Waals surface area contributed by atoms with Gasteiger partial charge < -0.3 is 9.47 Å². The van der Waals surface area contributed by atoms with Gasteiger partial charge in [-0.25, -0.2) is 4.98 Å². The SMILES string of the molecule is CCCCCOc1ccc(OC(=O)C2CCC(C3CCC(CC)CC3)CC2)cn1. The smallest absolute Gasteiger partial charge is 0.314 e. The first kappa shape index (κ1) is 22.1. The lowest BCUT2D eigenvalue weighted by Crippen LogP contribution is -2.30. The molecule has 0 N–H and O–H groups in total. The van der Waals surface area contributed by atoms with Gasteiger partial charge >= 0.3 is 5.97 Å². The minimum Gasteiger partial charge on any atom is -0.478 e. The normalized spacial score (nSPS) is 27.4. The van der Waals surface area contributed by atoms with Crippen LogP contribution in [0.2, 0.25) is 0 Å². The van der Waals surface area contributed by atoms with Crippen LogP contribution in [-0.2, 0) is 4.79 Å². The fraction of sp³-hybridized carbons (Fsp3) is 0.760. The zero-order valence-electron chi connectivity index (χ0n) is 18.4. The molecule has 0 bridgehead atoms. The lowest BCUT2D eigenvalue weighted by atomic mass is 9.69. The monoisotopic (exact) mass is 401 g/mol. The molecule has 29 heavy (non-hydrogen) atoms. The Kier molecular flexibility index (Phi) is 8.82. The highest BCUT2D eigenvalue weighted by Crippen LogP contribution is 2.42. The maximum absolute atomic E-state index is 12.6. The van der Waals surface area contributed by atoms with Crippen molar-refractivity contribution in [3.05, 3.63) is 18.3 Å². The highest BCUT2D eigenvalue weighted by molar-refractivity contribution is 5.75. The van der Waals surface area contributed by atoms with Gasteiger partial charge in [-0.05, 0) is 68.8 Å². The highest BCUT2D eigenvalue weighted by Gasteiger charge is 2.33. The van der Waals surface area contributed by atoms with Crippen LogP contribution in [0.3, 0.4) is 0 Å². The number of aromatic nitrogens is 1. The van der Waals surface area contributed by atoms with Crippen LogP contribution in [0.1, 0.15) is 90.9 Å². The summed E-state index contributed by atoms with van der Waals surface area (Å²) < 4.78 is 11.2. The van der Waals surface area contributed by atoms with Crippen molar-refractivity contribution in [2.45, 2.75) is 90.9 Å². The van der Waals surface area contributed by atoms with Crippen LogP contribution in [0.25, 0.3) is 0 Å². The number of carbonyl (C=O) groups excluding carboxylic acids is 1. The minimum absolute atomic E-state index is 0.0446. The van der Waals surface area contributed by atoms with Crippen LogP contribution in [0.15, 0.2) is 18.3 Å². The van der Waals surface area contributed by atoms with Crippen molar-refractivity contribution in [2.24, 2.45) is 23.7 Å². The number of ether oxygens (including phenoxy) is 2. The van der Waals surface area contributed by atoms with Crippen molar-refractivity contribution in [2.75, 3.05) is 6.61 Å². The van der Waals surface area contributed by atoms with Crippen molar-refractivity contribution in [3.63, 3.8) is 0 Å².